The first-order valence-corrected chi connectivity index (χ1v) is 13.4. The van der Waals surface area contributed by atoms with E-state index >= 15 is 0 Å². The van der Waals surface area contributed by atoms with Gasteiger partial charge in [0.1, 0.15) is 5.75 Å². The van der Waals surface area contributed by atoms with Gasteiger partial charge in [0.2, 0.25) is 0 Å². The maximum Gasteiger partial charge on any atom is 0.123 e. The molecule has 2 heteroatoms. The smallest absolute Gasteiger partial charge is 0.123 e. The molecule has 172 valence electrons. The lowest BCUT2D eigenvalue weighted by atomic mass is 9.75. The van der Waals surface area contributed by atoms with Crippen LogP contribution in [0.2, 0.25) is 0 Å². The Labute approximate surface area is 191 Å². The Morgan fingerprint density at radius 1 is 0.833 bits per heavy atom. The third-order valence-electron chi connectivity index (χ3n) is 6.72. The van der Waals surface area contributed by atoms with Crippen molar-refractivity contribution in [2.75, 3.05) is 0 Å². The Morgan fingerprint density at radius 2 is 1.37 bits per heavy atom. The lowest BCUT2D eigenvalue weighted by molar-refractivity contribution is 0.414. The van der Waals surface area contributed by atoms with Crippen LogP contribution in [0, 0.1) is 0 Å². The molecule has 0 unspecified atom stereocenters. The number of benzene rings is 1. The highest BCUT2D eigenvalue weighted by atomic mass is 32.2. The molecule has 0 fully saturated rings. The summed E-state index contributed by atoms with van der Waals surface area (Å²) in [5.41, 5.74) is 3.68. The molecule has 0 radical (unpaired) electrons. The molecule has 1 aromatic rings. The fourth-order valence-corrected chi connectivity index (χ4v) is 6.73. The first-order valence-electron chi connectivity index (χ1n) is 12.5. The quantitative estimate of drug-likeness (QED) is 0.372. The van der Waals surface area contributed by atoms with Crippen molar-refractivity contribution in [2.45, 2.75) is 146 Å². The first-order chi connectivity index (χ1) is 13.9. The minimum atomic E-state index is -0.0484. The molecule has 0 spiro atoms. The molecule has 0 bridgehead atoms. The van der Waals surface area contributed by atoms with E-state index in [-0.39, 0.29) is 10.8 Å². The van der Waals surface area contributed by atoms with Crippen molar-refractivity contribution in [3.8, 4) is 5.75 Å². The van der Waals surface area contributed by atoms with Gasteiger partial charge in [0.05, 0.1) is 0 Å². The number of phenolic OH excluding ortho intramolecular Hbond substituents is 1. The lowest BCUT2D eigenvalue weighted by Gasteiger charge is -2.30. The van der Waals surface area contributed by atoms with E-state index in [1.54, 1.807) is 0 Å². The summed E-state index contributed by atoms with van der Waals surface area (Å²) < 4.78 is 0.326. The number of rotatable bonds is 10. The molecule has 2 rings (SSSR count). The van der Waals surface area contributed by atoms with E-state index in [2.05, 4.69) is 73.2 Å². The molecule has 0 saturated carbocycles. The van der Waals surface area contributed by atoms with Gasteiger partial charge in [-0.15, -0.1) is 11.8 Å². The number of aromatic hydroxyl groups is 1. The van der Waals surface area contributed by atoms with Crippen LogP contribution in [0.5, 0.6) is 5.75 Å². The van der Waals surface area contributed by atoms with Crippen molar-refractivity contribution >= 4 is 11.8 Å². The average molecular weight is 433 g/mol. The number of phenols is 1. The highest BCUT2D eigenvalue weighted by Crippen LogP contribution is 2.56. The summed E-state index contributed by atoms with van der Waals surface area (Å²) in [5, 5.41) is 11.4. The molecule has 0 aromatic heterocycles. The van der Waals surface area contributed by atoms with E-state index in [0.29, 0.717) is 10.5 Å². The van der Waals surface area contributed by atoms with E-state index in [4.69, 9.17) is 0 Å². The zero-order valence-corrected chi connectivity index (χ0v) is 22.0. The zero-order valence-electron chi connectivity index (χ0n) is 21.2. The van der Waals surface area contributed by atoms with Crippen molar-refractivity contribution in [1.82, 2.24) is 0 Å². The molecule has 1 aliphatic heterocycles. The van der Waals surface area contributed by atoms with Crippen LogP contribution in [-0.4, -0.2) is 9.85 Å². The summed E-state index contributed by atoms with van der Waals surface area (Å²) in [6.07, 6.45) is 14.5. The summed E-state index contributed by atoms with van der Waals surface area (Å²) in [4.78, 5) is 1.45. The molecule has 1 aliphatic rings. The fourth-order valence-electron chi connectivity index (χ4n) is 5.08. The van der Waals surface area contributed by atoms with Crippen LogP contribution in [0.3, 0.4) is 0 Å². The second-order valence-corrected chi connectivity index (χ2v) is 13.2. The molecule has 1 aromatic carbocycles. The van der Waals surface area contributed by atoms with Gasteiger partial charge >= 0.3 is 0 Å². The van der Waals surface area contributed by atoms with Gasteiger partial charge < -0.3 is 5.11 Å². The van der Waals surface area contributed by atoms with E-state index in [9.17, 15) is 5.11 Å². The Bertz CT molecular complexity index is 678. The Kier molecular flexibility index (Phi) is 8.82. The molecule has 1 nitrogen and oxygen atoms in total. The minimum Gasteiger partial charge on any atom is -0.507 e. The first kappa shape index (κ1) is 25.6. The summed E-state index contributed by atoms with van der Waals surface area (Å²) in [5.74, 6) is 0.558. The minimum absolute atomic E-state index is 0.0452. The van der Waals surface area contributed by atoms with Gasteiger partial charge in [0.15, 0.2) is 0 Å². The Hall–Kier alpha value is -0.630. The molecule has 0 saturated heterocycles. The van der Waals surface area contributed by atoms with Crippen LogP contribution in [-0.2, 0) is 17.3 Å². The van der Waals surface area contributed by atoms with E-state index in [1.807, 2.05) is 0 Å². The van der Waals surface area contributed by atoms with Gasteiger partial charge in [-0.2, -0.15) is 0 Å². The molecule has 1 N–H and O–H groups in total. The van der Waals surface area contributed by atoms with Gasteiger partial charge in [-0.05, 0) is 41.7 Å². The normalized spacial score (nSPS) is 16.1. The van der Waals surface area contributed by atoms with E-state index < -0.39 is 0 Å². The summed E-state index contributed by atoms with van der Waals surface area (Å²) in [7, 11) is 0. The number of thioether (sulfide) groups is 1. The van der Waals surface area contributed by atoms with Gasteiger partial charge in [-0.3, -0.25) is 0 Å². The second kappa shape index (κ2) is 10.3. The van der Waals surface area contributed by atoms with Crippen molar-refractivity contribution in [2.24, 2.45) is 0 Å². The summed E-state index contributed by atoms with van der Waals surface area (Å²) >= 11 is 2.16. The molecular weight excluding hydrogens is 384 g/mol. The Balaban J connectivity index is 2.42. The van der Waals surface area contributed by atoms with Crippen LogP contribution in [0.15, 0.2) is 11.0 Å². The predicted molar refractivity (Wildman–Crippen MR) is 135 cm³/mol. The SMILES string of the molecule is CCCCCCC1(CCCCCC)Cc2c(cc(C(C)(C)C)c(O)c2C(C)(C)C)S1. The summed E-state index contributed by atoms with van der Waals surface area (Å²) in [6.45, 7) is 18.1. The Morgan fingerprint density at radius 3 is 1.80 bits per heavy atom. The highest BCUT2D eigenvalue weighted by molar-refractivity contribution is 8.01. The van der Waals surface area contributed by atoms with Gasteiger partial charge in [-0.25, -0.2) is 0 Å². The maximum absolute atomic E-state index is 11.4. The number of unbranched alkanes of at least 4 members (excludes halogenated alkanes) is 6. The zero-order chi connectivity index (χ0) is 22.6. The molecule has 1 heterocycles. The molecular formula is C28H48OS. The van der Waals surface area contributed by atoms with E-state index in [0.717, 1.165) is 12.0 Å². The molecule has 0 amide bonds. The van der Waals surface area contributed by atoms with Crippen molar-refractivity contribution in [1.29, 1.82) is 0 Å². The second-order valence-electron chi connectivity index (χ2n) is 11.7. The number of hydrogen-bond acceptors (Lipinski definition) is 2. The van der Waals surface area contributed by atoms with Crippen LogP contribution in [0.1, 0.15) is 136 Å². The monoisotopic (exact) mass is 432 g/mol. The number of hydrogen-bond donors (Lipinski definition) is 1. The van der Waals surface area contributed by atoms with Crippen LogP contribution >= 0.6 is 11.8 Å². The van der Waals surface area contributed by atoms with Gasteiger partial charge in [-0.1, -0.05) is 107 Å². The third-order valence-corrected chi connectivity index (χ3v) is 8.29. The predicted octanol–water partition coefficient (Wildman–Crippen LogP) is 9.31. The summed E-state index contributed by atoms with van der Waals surface area (Å²) in [6, 6.07) is 2.34. The average Bonchev–Trinajstić information content (AvgIpc) is 2.98. The van der Waals surface area contributed by atoms with Gasteiger partial charge in [0.25, 0.3) is 0 Å². The largest absolute Gasteiger partial charge is 0.507 e. The van der Waals surface area contributed by atoms with Crippen molar-refractivity contribution < 1.29 is 5.11 Å². The number of fused-ring (bicyclic) bond motifs is 1. The topological polar surface area (TPSA) is 20.2 Å². The lowest BCUT2D eigenvalue weighted by Crippen LogP contribution is -2.25. The van der Waals surface area contributed by atoms with Crippen LogP contribution < -0.4 is 0 Å². The fraction of sp³-hybridized carbons (Fsp3) is 0.786. The molecule has 30 heavy (non-hydrogen) atoms. The third kappa shape index (κ3) is 6.21. The highest BCUT2D eigenvalue weighted by Gasteiger charge is 2.42. The van der Waals surface area contributed by atoms with Crippen LogP contribution in [0.25, 0.3) is 0 Å². The standard InChI is InChI=1S/C28H48OS/c1-9-11-13-15-17-28(18-16-14-12-10-2)20-21-23(30-28)19-22(26(3,4)5)25(29)24(21)27(6,7)8/h19,29H,9-18,20H2,1-8H3. The van der Waals surface area contributed by atoms with E-state index in [1.165, 1.54) is 80.2 Å². The maximum atomic E-state index is 11.4. The van der Waals surface area contributed by atoms with Crippen LogP contribution in [0.4, 0.5) is 0 Å². The molecule has 0 atom stereocenters. The van der Waals surface area contributed by atoms with Gasteiger partial charge in [0, 0.05) is 20.8 Å². The molecule has 0 aliphatic carbocycles. The van der Waals surface area contributed by atoms with Crippen molar-refractivity contribution in [3.05, 3.63) is 22.8 Å². The van der Waals surface area contributed by atoms with Crippen molar-refractivity contribution in [3.63, 3.8) is 0 Å².